The van der Waals surface area contributed by atoms with Gasteiger partial charge in [0, 0.05) is 11.1 Å². The van der Waals surface area contributed by atoms with Gasteiger partial charge in [-0.3, -0.25) is 9.59 Å². The summed E-state index contributed by atoms with van der Waals surface area (Å²) in [6.45, 7) is 2.15. The van der Waals surface area contributed by atoms with Crippen molar-refractivity contribution < 1.29 is 4.79 Å². The number of carbonyl (C=O) groups excluding carboxylic acids is 1. The molecule has 1 atom stereocenters. The maximum Gasteiger partial charge on any atom is 0.272 e. The number of hydrogen-bond acceptors (Lipinski definition) is 3. The molecule has 3 rings (SSSR count). The Morgan fingerprint density at radius 1 is 1.08 bits per heavy atom. The Morgan fingerprint density at radius 2 is 1.77 bits per heavy atom. The summed E-state index contributed by atoms with van der Waals surface area (Å²) >= 11 is 6.17. The first-order valence-corrected chi connectivity index (χ1v) is 8.60. The molecule has 26 heavy (non-hydrogen) atoms. The molecule has 1 heterocycles. The van der Waals surface area contributed by atoms with E-state index in [1.54, 1.807) is 6.07 Å². The first-order valence-electron chi connectivity index (χ1n) is 8.22. The minimum absolute atomic E-state index is 0.180. The molecule has 1 unspecified atom stereocenters. The third kappa shape index (κ3) is 4.18. The number of rotatable bonds is 5. The second-order valence-corrected chi connectivity index (χ2v) is 6.32. The SMILES string of the molecule is CC(NC(=O)c1ccc(=O)n(Cc2ccccc2)n1)c1ccccc1Cl. The number of halogens is 1. The summed E-state index contributed by atoms with van der Waals surface area (Å²) in [4.78, 5) is 24.6. The van der Waals surface area contributed by atoms with Crippen LogP contribution in [0.1, 0.15) is 34.6 Å². The number of hydrogen-bond donors (Lipinski definition) is 1. The largest absolute Gasteiger partial charge is 0.344 e. The maximum absolute atomic E-state index is 12.5. The third-order valence-corrected chi connectivity index (χ3v) is 4.34. The summed E-state index contributed by atoms with van der Waals surface area (Å²) < 4.78 is 1.28. The molecular formula is C20H18ClN3O2. The van der Waals surface area contributed by atoms with Crippen molar-refractivity contribution >= 4 is 17.5 Å². The van der Waals surface area contributed by atoms with Crippen LogP contribution in [0.25, 0.3) is 0 Å². The molecule has 0 aliphatic heterocycles. The highest BCUT2D eigenvalue weighted by atomic mass is 35.5. The summed E-state index contributed by atoms with van der Waals surface area (Å²) in [6.07, 6.45) is 0. The molecular weight excluding hydrogens is 350 g/mol. The molecule has 2 aromatic carbocycles. The Hall–Kier alpha value is -2.92. The fourth-order valence-corrected chi connectivity index (χ4v) is 2.91. The van der Waals surface area contributed by atoms with Gasteiger partial charge in [0.05, 0.1) is 12.6 Å². The van der Waals surface area contributed by atoms with Crippen molar-refractivity contribution in [1.82, 2.24) is 15.1 Å². The van der Waals surface area contributed by atoms with E-state index in [1.807, 2.05) is 55.5 Å². The van der Waals surface area contributed by atoms with Crippen molar-refractivity contribution in [3.63, 3.8) is 0 Å². The lowest BCUT2D eigenvalue weighted by Crippen LogP contribution is -2.31. The van der Waals surface area contributed by atoms with Gasteiger partial charge in [-0.05, 0) is 30.2 Å². The number of nitrogens with zero attached hydrogens (tertiary/aromatic N) is 2. The molecule has 0 aliphatic rings. The second-order valence-electron chi connectivity index (χ2n) is 5.92. The lowest BCUT2D eigenvalue weighted by Gasteiger charge is -2.15. The minimum atomic E-state index is -0.362. The van der Waals surface area contributed by atoms with Crippen LogP contribution in [-0.2, 0) is 6.54 Å². The van der Waals surface area contributed by atoms with E-state index in [1.165, 1.54) is 16.8 Å². The molecule has 0 aliphatic carbocycles. The van der Waals surface area contributed by atoms with Crippen molar-refractivity contribution in [2.75, 3.05) is 0 Å². The predicted molar refractivity (Wildman–Crippen MR) is 101 cm³/mol. The summed E-state index contributed by atoms with van der Waals surface area (Å²) in [5.74, 6) is -0.362. The zero-order valence-electron chi connectivity index (χ0n) is 14.2. The Labute approximate surface area is 156 Å². The van der Waals surface area contributed by atoms with Gasteiger partial charge in [0.1, 0.15) is 5.69 Å². The smallest absolute Gasteiger partial charge is 0.272 e. The second kappa shape index (κ2) is 7.97. The van der Waals surface area contributed by atoms with Crippen molar-refractivity contribution in [1.29, 1.82) is 0 Å². The highest BCUT2D eigenvalue weighted by molar-refractivity contribution is 6.31. The van der Waals surface area contributed by atoms with Crippen LogP contribution in [0.3, 0.4) is 0 Å². The molecule has 0 saturated heterocycles. The van der Waals surface area contributed by atoms with Gasteiger partial charge >= 0.3 is 0 Å². The molecule has 6 heteroatoms. The van der Waals surface area contributed by atoms with Gasteiger partial charge in [-0.25, -0.2) is 4.68 Å². The normalized spacial score (nSPS) is 11.8. The van der Waals surface area contributed by atoms with Gasteiger partial charge in [-0.1, -0.05) is 60.1 Å². The van der Waals surface area contributed by atoms with E-state index in [4.69, 9.17) is 11.6 Å². The topological polar surface area (TPSA) is 64.0 Å². The number of carbonyl (C=O) groups is 1. The predicted octanol–water partition coefficient (Wildman–Crippen LogP) is 3.44. The van der Waals surface area contributed by atoms with Crippen LogP contribution >= 0.6 is 11.6 Å². The number of amides is 1. The van der Waals surface area contributed by atoms with Crippen molar-refractivity contribution in [3.8, 4) is 0 Å². The van der Waals surface area contributed by atoms with E-state index in [0.717, 1.165) is 11.1 Å². The number of nitrogens with one attached hydrogen (secondary N) is 1. The summed E-state index contributed by atoms with van der Waals surface area (Å²) in [6, 6.07) is 19.3. The lowest BCUT2D eigenvalue weighted by molar-refractivity contribution is 0.0932. The van der Waals surface area contributed by atoms with Crippen LogP contribution in [0.5, 0.6) is 0 Å². The highest BCUT2D eigenvalue weighted by Crippen LogP contribution is 2.22. The average Bonchev–Trinajstić information content (AvgIpc) is 2.64. The van der Waals surface area contributed by atoms with Gasteiger partial charge in [0.25, 0.3) is 11.5 Å². The zero-order valence-corrected chi connectivity index (χ0v) is 15.0. The standard InChI is InChI=1S/C20H18ClN3O2/c1-14(16-9-5-6-10-17(16)21)22-20(26)18-11-12-19(25)24(23-18)13-15-7-3-2-4-8-15/h2-12,14H,13H2,1H3,(H,22,26). The van der Waals surface area contributed by atoms with E-state index in [0.29, 0.717) is 11.6 Å². The quantitative estimate of drug-likeness (QED) is 0.751. The molecule has 0 fully saturated rings. The molecule has 0 radical (unpaired) electrons. The van der Waals surface area contributed by atoms with E-state index in [2.05, 4.69) is 10.4 Å². The molecule has 1 aromatic heterocycles. The Balaban J connectivity index is 1.78. The molecule has 1 amide bonds. The third-order valence-electron chi connectivity index (χ3n) is 3.99. The van der Waals surface area contributed by atoms with E-state index in [-0.39, 0.29) is 23.2 Å². The monoisotopic (exact) mass is 367 g/mol. The summed E-state index contributed by atoms with van der Waals surface area (Å²) in [5, 5.41) is 7.64. The molecule has 1 N–H and O–H groups in total. The van der Waals surface area contributed by atoms with Crippen LogP contribution in [-0.4, -0.2) is 15.7 Å². The van der Waals surface area contributed by atoms with Crippen molar-refractivity contribution in [3.05, 3.63) is 98.9 Å². The molecule has 0 bridgehead atoms. The van der Waals surface area contributed by atoms with Crippen LogP contribution in [0.2, 0.25) is 5.02 Å². The van der Waals surface area contributed by atoms with Crippen molar-refractivity contribution in [2.24, 2.45) is 0 Å². The van der Waals surface area contributed by atoms with Gasteiger partial charge in [-0.2, -0.15) is 5.10 Å². The Kier molecular flexibility index (Phi) is 5.49. The summed E-state index contributed by atoms with van der Waals surface area (Å²) in [7, 11) is 0. The Morgan fingerprint density at radius 3 is 2.50 bits per heavy atom. The molecule has 0 spiro atoms. The minimum Gasteiger partial charge on any atom is -0.344 e. The first-order chi connectivity index (χ1) is 12.5. The Bertz CT molecular complexity index is 970. The number of aromatic nitrogens is 2. The molecule has 132 valence electrons. The summed E-state index contributed by atoms with van der Waals surface area (Å²) in [5.41, 5.74) is 1.67. The van der Waals surface area contributed by atoms with Gasteiger partial charge < -0.3 is 5.32 Å². The van der Waals surface area contributed by atoms with E-state index < -0.39 is 0 Å². The van der Waals surface area contributed by atoms with E-state index >= 15 is 0 Å². The van der Waals surface area contributed by atoms with Gasteiger partial charge in [0.2, 0.25) is 0 Å². The number of benzene rings is 2. The van der Waals surface area contributed by atoms with Crippen molar-refractivity contribution in [2.45, 2.75) is 19.5 Å². The highest BCUT2D eigenvalue weighted by Gasteiger charge is 2.15. The van der Waals surface area contributed by atoms with E-state index in [9.17, 15) is 9.59 Å². The maximum atomic E-state index is 12.5. The first kappa shape index (κ1) is 17.9. The fraction of sp³-hybridized carbons (Fsp3) is 0.150. The zero-order chi connectivity index (χ0) is 18.5. The average molecular weight is 368 g/mol. The molecule has 5 nitrogen and oxygen atoms in total. The van der Waals surface area contributed by atoms with Gasteiger partial charge in [-0.15, -0.1) is 0 Å². The van der Waals surface area contributed by atoms with Crippen LogP contribution < -0.4 is 10.9 Å². The van der Waals surface area contributed by atoms with Crippen LogP contribution in [0.15, 0.2) is 71.5 Å². The molecule has 3 aromatic rings. The molecule has 0 saturated carbocycles. The fourth-order valence-electron chi connectivity index (χ4n) is 2.61. The lowest BCUT2D eigenvalue weighted by atomic mass is 10.1. The van der Waals surface area contributed by atoms with Gasteiger partial charge in [0.15, 0.2) is 0 Å². The van der Waals surface area contributed by atoms with Crippen LogP contribution in [0, 0.1) is 0 Å². The van der Waals surface area contributed by atoms with Crippen LogP contribution in [0.4, 0.5) is 0 Å².